The maximum Gasteiger partial charge on any atom is 0.333 e. The van der Waals surface area contributed by atoms with E-state index in [1.807, 2.05) is 27.7 Å². The molecule has 1 aromatic heterocycles. The first-order chi connectivity index (χ1) is 8.69. The summed E-state index contributed by atoms with van der Waals surface area (Å²) in [6, 6.07) is 0.0422. The molecule has 108 valence electrons. The first-order valence-electron chi connectivity index (χ1n) is 6.22. The van der Waals surface area contributed by atoms with E-state index in [4.69, 9.17) is 4.74 Å². The number of aromatic nitrogens is 2. The molecule has 0 fully saturated rings. The number of ether oxygens (including phenoxy) is 1. The summed E-state index contributed by atoms with van der Waals surface area (Å²) in [5.41, 5.74) is 0.0328. The van der Waals surface area contributed by atoms with Crippen molar-refractivity contribution in [2.24, 2.45) is 0 Å². The summed E-state index contributed by atoms with van der Waals surface area (Å²) >= 11 is 0. The number of aryl methyl sites for hydroxylation is 1. The summed E-state index contributed by atoms with van der Waals surface area (Å²) in [5, 5.41) is 18.5. The second-order valence-electron chi connectivity index (χ2n) is 5.40. The predicted molar refractivity (Wildman–Crippen MR) is 73.6 cm³/mol. The summed E-state index contributed by atoms with van der Waals surface area (Å²) in [5.74, 6) is 0.433. The molecule has 0 aliphatic heterocycles. The van der Waals surface area contributed by atoms with E-state index in [0.29, 0.717) is 18.1 Å². The van der Waals surface area contributed by atoms with Crippen molar-refractivity contribution in [3.63, 3.8) is 0 Å². The second kappa shape index (κ2) is 5.56. The van der Waals surface area contributed by atoms with Crippen LogP contribution >= 0.6 is 0 Å². The Kier molecular flexibility index (Phi) is 4.52. The van der Waals surface area contributed by atoms with Gasteiger partial charge in [0.25, 0.3) is 0 Å². The Morgan fingerprint density at radius 1 is 1.53 bits per heavy atom. The van der Waals surface area contributed by atoms with Gasteiger partial charge >= 0.3 is 5.69 Å². The van der Waals surface area contributed by atoms with Crippen LogP contribution in [-0.2, 0) is 4.74 Å². The summed E-state index contributed by atoms with van der Waals surface area (Å²) < 4.78 is 6.94. The van der Waals surface area contributed by atoms with Crippen LogP contribution in [0.25, 0.3) is 0 Å². The van der Waals surface area contributed by atoms with Crippen molar-refractivity contribution in [1.29, 1.82) is 0 Å². The molecular formula is C12H22N4O3. The largest absolute Gasteiger partial charge is 0.377 e. The van der Waals surface area contributed by atoms with Crippen LogP contribution in [0.15, 0.2) is 0 Å². The van der Waals surface area contributed by atoms with Crippen LogP contribution in [0.5, 0.6) is 0 Å². The molecule has 0 saturated carbocycles. The average molecular weight is 270 g/mol. The molecule has 0 atom stereocenters. The Morgan fingerprint density at radius 3 is 2.53 bits per heavy atom. The number of nitrogens with zero attached hydrogens (tertiary/aromatic N) is 3. The molecule has 0 bridgehead atoms. The fraction of sp³-hybridized carbons (Fsp3) is 0.750. The molecule has 0 amide bonds. The number of nitro groups is 1. The van der Waals surface area contributed by atoms with E-state index in [2.05, 4.69) is 10.4 Å². The lowest BCUT2D eigenvalue weighted by atomic mass is 10.1. The zero-order valence-electron chi connectivity index (χ0n) is 12.4. The lowest BCUT2D eigenvalue weighted by Crippen LogP contribution is -2.33. The fourth-order valence-corrected chi connectivity index (χ4v) is 1.66. The van der Waals surface area contributed by atoms with Gasteiger partial charge in [-0.25, -0.2) is 4.68 Å². The van der Waals surface area contributed by atoms with Gasteiger partial charge in [0.2, 0.25) is 5.82 Å². The normalized spacial score (nSPS) is 11.9. The lowest BCUT2D eigenvalue weighted by molar-refractivity contribution is -0.384. The van der Waals surface area contributed by atoms with E-state index in [-0.39, 0.29) is 11.7 Å². The zero-order chi connectivity index (χ0) is 14.8. The van der Waals surface area contributed by atoms with Gasteiger partial charge in [0.05, 0.1) is 10.5 Å². The Labute approximate surface area is 113 Å². The Bertz CT molecular complexity index is 466. The monoisotopic (exact) mass is 270 g/mol. The van der Waals surface area contributed by atoms with Gasteiger partial charge in [-0.05, 0) is 34.6 Å². The molecule has 0 spiro atoms. The number of anilines is 1. The molecule has 0 radical (unpaired) electrons. The Hall–Kier alpha value is -1.63. The van der Waals surface area contributed by atoms with Gasteiger partial charge < -0.3 is 10.1 Å². The maximum absolute atomic E-state index is 11.2. The molecule has 0 aromatic carbocycles. The van der Waals surface area contributed by atoms with E-state index in [1.54, 1.807) is 18.7 Å². The molecule has 0 aliphatic carbocycles. The van der Waals surface area contributed by atoms with E-state index in [0.717, 1.165) is 0 Å². The van der Waals surface area contributed by atoms with Crippen molar-refractivity contribution in [2.75, 3.05) is 19.0 Å². The Morgan fingerprint density at radius 2 is 2.11 bits per heavy atom. The maximum atomic E-state index is 11.2. The van der Waals surface area contributed by atoms with Crippen LogP contribution in [0.3, 0.4) is 0 Å². The van der Waals surface area contributed by atoms with Crippen molar-refractivity contribution in [1.82, 2.24) is 9.78 Å². The molecule has 0 saturated heterocycles. The molecule has 0 aliphatic rings. The summed E-state index contributed by atoms with van der Waals surface area (Å²) in [4.78, 5) is 10.8. The smallest absolute Gasteiger partial charge is 0.333 e. The molecule has 7 heteroatoms. The van der Waals surface area contributed by atoms with E-state index >= 15 is 0 Å². The van der Waals surface area contributed by atoms with Crippen molar-refractivity contribution >= 4 is 11.5 Å². The van der Waals surface area contributed by atoms with Gasteiger partial charge in [0.1, 0.15) is 5.69 Å². The quantitative estimate of drug-likeness (QED) is 0.634. The van der Waals surface area contributed by atoms with E-state index in [1.165, 1.54) is 0 Å². The van der Waals surface area contributed by atoms with Crippen molar-refractivity contribution < 1.29 is 9.66 Å². The molecule has 7 nitrogen and oxygen atoms in total. The molecular weight excluding hydrogens is 248 g/mol. The SMILES string of the molecule is COC(C)(C)CNc1c([N+](=O)[O-])c(C)nn1C(C)C. The van der Waals surface area contributed by atoms with Crippen molar-refractivity contribution in [3.05, 3.63) is 15.8 Å². The van der Waals surface area contributed by atoms with Gasteiger partial charge in [-0.2, -0.15) is 5.10 Å². The number of hydrogen-bond acceptors (Lipinski definition) is 5. The predicted octanol–water partition coefficient (Wildman–Crippen LogP) is 2.52. The molecule has 0 unspecified atom stereocenters. The van der Waals surface area contributed by atoms with Gasteiger partial charge in [0.15, 0.2) is 0 Å². The third-order valence-corrected chi connectivity index (χ3v) is 2.96. The minimum Gasteiger partial charge on any atom is -0.377 e. The topological polar surface area (TPSA) is 82.2 Å². The van der Waals surface area contributed by atoms with Crippen molar-refractivity contribution in [2.45, 2.75) is 46.3 Å². The standard InChI is InChI=1S/C12H22N4O3/c1-8(2)15-11(13-7-12(4,5)19-6)10(16(17)18)9(3)14-15/h8,13H,7H2,1-6H3. The highest BCUT2D eigenvalue weighted by Gasteiger charge is 2.28. The van der Waals surface area contributed by atoms with Crippen molar-refractivity contribution in [3.8, 4) is 0 Å². The van der Waals surface area contributed by atoms with Crippen LogP contribution in [0.4, 0.5) is 11.5 Å². The summed E-state index contributed by atoms with van der Waals surface area (Å²) in [7, 11) is 1.61. The highest BCUT2D eigenvalue weighted by Crippen LogP contribution is 2.31. The number of nitrogens with one attached hydrogen (secondary N) is 1. The highest BCUT2D eigenvalue weighted by atomic mass is 16.6. The molecule has 1 aromatic rings. The first kappa shape index (κ1) is 15.4. The zero-order valence-corrected chi connectivity index (χ0v) is 12.4. The molecule has 19 heavy (non-hydrogen) atoms. The molecule has 1 rings (SSSR count). The van der Waals surface area contributed by atoms with Gasteiger partial charge in [-0.1, -0.05) is 0 Å². The fourth-order valence-electron chi connectivity index (χ4n) is 1.66. The van der Waals surface area contributed by atoms with E-state index < -0.39 is 10.5 Å². The van der Waals surface area contributed by atoms with Crippen LogP contribution in [0.1, 0.15) is 39.4 Å². The second-order valence-corrected chi connectivity index (χ2v) is 5.40. The minimum atomic E-state index is -0.409. The minimum absolute atomic E-state index is 0.0283. The first-order valence-corrected chi connectivity index (χ1v) is 6.22. The third-order valence-electron chi connectivity index (χ3n) is 2.96. The number of hydrogen-bond donors (Lipinski definition) is 1. The highest BCUT2D eigenvalue weighted by molar-refractivity contribution is 5.59. The van der Waals surface area contributed by atoms with Crippen LogP contribution in [0, 0.1) is 17.0 Å². The lowest BCUT2D eigenvalue weighted by Gasteiger charge is -2.24. The Balaban J connectivity index is 3.12. The van der Waals surface area contributed by atoms with E-state index in [9.17, 15) is 10.1 Å². The average Bonchev–Trinajstić information content (AvgIpc) is 2.64. The summed E-state index contributed by atoms with van der Waals surface area (Å²) in [6.45, 7) is 9.79. The summed E-state index contributed by atoms with van der Waals surface area (Å²) in [6.07, 6.45) is 0. The van der Waals surface area contributed by atoms with Gasteiger partial charge in [-0.15, -0.1) is 0 Å². The van der Waals surface area contributed by atoms with Gasteiger partial charge in [0, 0.05) is 19.7 Å². The van der Waals surface area contributed by atoms with Gasteiger partial charge in [-0.3, -0.25) is 10.1 Å². The number of methoxy groups -OCH3 is 1. The van der Waals surface area contributed by atoms with Crippen LogP contribution < -0.4 is 5.32 Å². The number of rotatable bonds is 6. The van der Waals surface area contributed by atoms with Crippen LogP contribution in [-0.4, -0.2) is 34.0 Å². The molecule has 1 heterocycles. The van der Waals surface area contributed by atoms with Crippen LogP contribution in [0.2, 0.25) is 0 Å². The third kappa shape index (κ3) is 3.44. The molecule has 1 N–H and O–H groups in total.